The zero-order chi connectivity index (χ0) is 21.8. The third-order valence-electron chi connectivity index (χ3n) is 5.02. The first-order valence-corrected chi connectivity index (χ1v) is 9.36. The molecule has 8 nitrogen and oxygen atoms in total. The molecule has 2 aromatic carbocycles. The van der Waals surface area contributed by atoms with Crippen molar-refractivity contribution < 1.29 is 28.5 Å². The Hall–Kier alpha value is -3.42. The van der Waals surface area contributed by atoms with Crippen LogP contribution in [-0.4, -0.2) is 52.2 Å². The van der Waals surface area contributed by atoms with Crippen LogP contribution in [0.4, 0.5) is 0 Å². The summed E-state index contributed by atoms with van der Waals surface area (Å²) >= 11 is 0. The van der Waals surface area contributed by atoms with Crippen LogP contribution in [0.5, 0.6) is 28.7 Å². The number of nitrogens with zero attached hydrogens (tertiary/aromatic N) is 2. The molecule has 1 aliphatic heterocycles. The maximum atomic E-state index is 12.4. The van der Waals surface area contributed by atoms with Crippen LogP contribution in [-0.2, 0) is 4.79 Å². The van der Waals surface area contributed by atoms with Crippen molar-refractivity contribution in [3.05, 3.63) is 41.5 Å². The molecule has 1 atom stereocenters. The molecule has 3 rings (SSSR count). The van der Waals surface area contributed by atoms with Crippen LogP contribution in [0.1, 0.15) is 30.5 Å². The Bertz CT molecular complexity index is 947. The Morgan fingerprint density at radius 2 is 1.53 bits per heavy atom. The number of rotatable bonds is 7. The van der Waals surface area contributed by atoms with Crippen molar-refractivity contribution in [1.29, 1.82) is 0 Å². The second-order valence-electron chi connectivity index (χ2n) is 6.66. The Labute approximate surface area is 175 Å². The highest BCUT2D eigenvalue weighted by Crippen LogP contribution is 2.43. The molecule has 0 bridgehead atoms. The molecule has 0 radical (unpaired) electrons. The number of benzene rings is 2. The molecule has 8 heteroatoms. The summed E-state index contributed by atoms with van der Waals surface area (Å²) in [5, 5.41) is 6.07. The molecule has 0 N–H and O–H groups in total. The number of hydrogen-bond donors (Lipinski definition) is 0. The lowest BCUT2D eigenvalue weighted by Gasteiger charge is -2.22. The van der Waals surface area contributed by atoms with Gasteiger partial charge in [0.15, 0.2) is 11.5 Å². The molecule has 0 spiro atoms. The minimum Gasteiger partial charge on any atom is -0.497 e. The van der Waals surface area contributed by atoms with Gasteiger partial charge in [-0.25, -0.2) is 5.01 Å². The van der Waals surface area contributed by atoms with Gasteiger partial charge in [-0.15, -0.1) is 0 Å². The SMILES string of the molecule is COc1ccc(OC)c(C2=NN(C(C)=O)[C@H](c3cc(OC)c(OC)c(OC)c3)C2)c1. The summed E-state index contributed by atoms with van der Waals surface area (Å²) < 4.78 is 27.2. The molecule has 0 fully saturated rings. The van der Waals surface area contributed by atoms with Gasteiger partial charge >= 0.3 is 0 Å². The van der Waals surface area contributed by atoms with Crippen LogP contribution in [0, 0.1) is 0 Å². The van der Waals surface area contributed by atoms with E-state index >= 15 is 0 Å². The maximum Gasteiger partial charge on any atom is 0.240 e. The Morgan fingerprint density at radius 1 is 0.900 bits per heavy atom. The van der Waals surface area contributed by atoms with Crippen LogP contribution < -0.4 is 23.7 Å². The van der Waals surface area contributed by atoms with Crippen LogP contribution in [0.15, 0.2) is 35.4 Å². The molecule has 0 saturated heterocycles. The van der Waals surface area contributed by atoms with E-state index in [1.54, 1.807) is 35.5 Å². The third kappa shape index (κ3) is 3.85. The molecule has 160 valence electrons. The van der Waals surface area contributed by atoms with Gasteiger partial charge in [0.25, 0.3) is 0 Å². The lowest BCUT2D eigenvalue weighted by molar-refractivity contribution is -0.130. The minimum absolute atomic E-state index is 0.175. The second kappa shape index (κ2) is 8.94. The number of hydrogen-bond acceptors (Lipinski definition) is 7. The quantitative estimate of drug-likeness (QED) is 0.691. The van der Waals surface area contributed by atoms with Gasteiger partial charge in [-0.3, -0.25) is 4.79 Å². The van der Waals surface area contributed by atoms with Crippen LogP contribution in [0.3, 0.4) is 0 Å². The standard InChI is InChI=1S/C22H26N2O6/c1-13(25)24-18(14-9-20(28-4)22(30-6)21(10-14)29-5)12-17(23-24)16-11-15(26-2)7-8-19(16)27-3/h7-11,18H,12H2,1-6H3/t18-/m0/s1. The molecular formula is C22H26N2O6. The van der Waals surface area contributed by atoms with Gasteiger partial charge in [-0.2, -0.15) is 5.10 Å². The fourth-order valence-corrected chi connectivity index (χ4v) is 3.56. The van der Waals surface area contributed by atoms with E-state index in [1.807, 2.05) is 30.3 Å². The summed E-state index contributed by atoms with van der Waals surface area (Å²) in [4.78, 5) is 12.4. The molecule has 0 aliphatic carbocycles. The number of amides is 1. The van der Waals surface area contributed by atoms with E-state index < -0.39 is 0 Å². The fourth-order valence-electron chi connectivity index (χ4n) is 3.56. The summed E-state index contributed by atoms with van der Waals surface area (Å²) in [7, 11) is 7.86. The average molecular weight is 414 g/mol. The minimum atomic E-state index is -0.331. The van der Waals surface area contributed by atoms with E-state index in [9.17, 15) is 4.79 Å². The van der Waals surface area contributed by atoms with E-state index in [4.69, 9.17) is 23.7 Å². The smallest absolute Gasteiger partial charge is 0.240 e. The molecule has 0 unspecified atom stereocenters. The molecule has 0 saturated carbocycles. The number of carbonyl (C=O) groups is 1. The van der Waals surface area contributed by atoms with Crippen molar-refractivity contribution in [2.45, 2.75) is 19.4 Å². The van der Waals surface area contributed by atoms with Crippen molar-refractivity contribution in [3.8, 4) is 28.7 Å². The van der Waals surface area contributed by atoms with Crippen molar-refractivity contribution >= 4 is 11.6 Å². The topological polar surface area (TPSA) is 78.8 Å². The van der Waals surface area contributed by atoms with E-state index in [2.05, 4.69) is 5.10 Å². The Kier molecular flexibility index (Phi) is 6.34. The summed E-state index contributed by atoms with van der Waals surface area (Å²) in [6.07, 6.45) is 0.488. The zero-order valence-corrected chi connectivity index (χ0v) is 18.0. The monoisotopic (exact) mass is 414 g/mol. The molecule has 0 aromatic heterocycles. The predicted octanol–water partition coefficient (Wildman–Crippen LogP) is 3.43. The first kappa shape index (κ1) is 21.3. The van der Waals surface area contributed by atoms with Gasteiger partial charge in [-0.05, 0) is 35.9 Å². The van der Waals surface area contributed by atoms with Crippen LogP contribution >= 0.6 is 0 Å². The van der Waals surface area contributed by atoms with Crippen molar-refractivity contribution in [2.75, 3.05) is 35.5 Å². The second-order valence-corrected chi connectivity index (χ2v) is 6.66. The van der Waals surface area contributed by atoms with Gasteiger partial charge in [0.05, 0.1) is 47.3 Å². The van der Waals surface area contributed by atoms with Crippen LogP contribution in [0.25, 0.3) is 0 Å². The lowest BCUT2D eigenvalue weighted by Crippen LogP contribution is -2.24. The average Bonchev–Trinajstić information content (AvgIpc) is 3.23. The normalized spacial score (nSPS) is 15.5. The number of ether oxygens (including phenoxy) is 5. The maximum absolute atomic E-state index is 12.4. The first-order chi connectivity index (χ1) is 14.5. The first-order valence-electron chi connectivity index (χ1n) is 9.36. The summed E-state index contributed by atoms with van der Waals surface area (Å²) in [5.74, 6) is 2.69. The number of methoxy groups -OCH3 is 5. The van der Waals surface area contributed by atoms with Gasteiger partial charge in [0, 0.05) is 18.9 Å². The third-order valence-corrected chi connectivity index (χ3v) is 5.02. The van der Waals surface area contributed by atoms with Crippen molar-refractivity contribution in [2.24, 2.45) is 5.10 Å². The van der Waals surface area contributed by atoms with E-state index in [0.717, 1.165) is 16.8 Å². The largest absolute Gasteiger partial charge is 0.497 e. The van der Waals surface area contributed by atoms with Gasteiger partial charge in [0.2, 0.25) is 11.7 Å². The van der Waals surface area contributed by atoms with Gasteiger partial charge in [-0.1, -0.05) is 0 Å². The van der Waals surface area contributed by atoms with Crippen molar-refractivity contribution in [3.63, 3.8) is 0 Å². The summed E-state index contributed by atoms with van der Waals surface area (Å²) in [6, 6.07) is 8.83. The highest BCUT2D eigenvalue weighted by atomic mass is 16.5. The van der Waals surface area contributed by atoms with Gasteiger partial charge < -0.3 is 23.7 Å². The van der Waals surface area contributed by atoms with E-state index in [0.29, 0.717) is 35.2 Å². The Balaban J connectivity index is 2.07. The highest BCUT2D eigenvalue weighted by molar-refractivity contribution is 6.05. The molecule has 1 heterocycles. The molecule has 1 amide bonds. The Morgan fingerprint density at radius 3 is 2.03 bits per heavy atom. The summed E-state index contributed by atoms with van der Waals surface area (Å²) in [6.45, 7) is 1.49. The van der Waals surface area contributed by atoms with Gasteiger partial charge in [0.1, 0.15) is 11.5 Å². The lowest BCUT2D eigenvalue weighted by atomic mass is 9.97. The molecule has 2 aromatic rings. The van der Waals surface area contributed by atoms with Crippen molar-refractivity contribution in [1.82, 2.24) is 5.01 Å². The predicted molar refractivity (Wildman–Crippen MR) is 112 cm³/mol. The molecule has 1 aliphatic rings. The molecular weight excluding hydrogens is 388 g/mol. The summed E-state index contributed by atoms with van der Waals surface area (Å²) in [5.41, 5.74) is 2.32. The number of carbonyl (C=O) groups excluding carboxylic acids is 1. The highest BCUT2D eigenvalue weighted by Gasteiger charge is 2.34. The molecule has 30 heavy (non-hydrogen) atoms. The fraction of sp³-hybridized carbons (Fsp3) is 0.364. The zero-order valence-electron chi connectivity index (χ0n) is 18.0. The number of hydrazone groups is 1. The van der Waals surface area contributed by atoms with E-state index in [1.165, 1.54) is 11.9 Å². The van der Waals surface area contributed by atoms with Crippen LogP contribution in [0.2, 0.25) is 0 Å². The van der Waals surface area contributed by atoms with E-state index in [-0.39, 0.29) is 11.9 Å².